The molecule has 0 aliphatic carbocycles. The third kappa shape index (κ3) is 4.29. The van der Waals surface area contributed by atoms with E-state index in [4.69, 9.17) is 33.2 Å². The highest BCUT2D eigenvalue weighted by atomic mass is 35.5. The molecule has 1 atom stereocenters. The Balaban J connectivity index is 2.08. The van der Waals surface area contributed by atoms with Gasteiger partial charge in [-0.25, -0.2) is 0 Å². The Morgan fingerprint density at radius 1 is 1.19 bits per heavy atom. The van der Waals surface area contributed by atoms with Crippen LogP contribution >= 0.6 is 23.2 Å². The molecule has 0 aromatic heterocycles. The Kier molecular flexibility index (Phi) is 5.32. The highest BCUT2D eigenvalue weighted by molar-refractivity contribution is 6.35. The van der Waals surface area contributed by atoms with Crippen LogP contribution in [0.5, 0.6) is 5.75 Å². The summed E-state index contributed by atoms with van der Waals surface area (Å²) in [6.45, 7) is 2.08. The van der Waals surface area contributed by atoms with Crippen LogP contribution in [0.2, 0.25) is 10.0 Å². The van der Waals surface area contributed by atoms with Gasteiger partial charge in [0.05, 0.1) is 10.7 Å². The van der Waals surface area contributed by atoms with Crippen LogP contribution in [0.3, 0.4) is 0 Å². The standard InChI is InChI=1S/C16H14Cl2N2O/c1-11(20-16-10-13(17)4-7-15(16)18)12-2-5-14(6-3-12)21-9-8-19/h2-7,10-11,20H,9H2,1H3. The molecular formula is C16H14Cl2N2O. The van der Waals surface area contributed by atoms with Crippen LogP contribution in [0.15, 0.2) is 42.5 Å². The second-order valence-corrected chi connectivity index (χ2v) is 5.35. The van der Waals surface area contributed by atoms with E-state index in [1.807, 2.05) is 37.3 Å². The van der Waals surface area contributed by atoms with Gasteiger partial charge < -0.3 is 10.1 Å². The van der Waals surface area contributed by atoms with E-state index < -0.39 is 0 Å². The minimum atomic E-state index is 0.0469. The maximum Gasteiger partial charge on any atom is 0.174 e. The molecule has 0 aliphatic rings. The van der Waals surface area contributed by atoms with Crippen LogP contribution in [-0.4, -0.2) is 6.61 Å². The van der Waals surface area contributed by atoms with E-state index in [-0.39, 0.29) is 12.6 Å². The minimum absolute atomic E-state index is 0.0469. The molecule has 0 amide bonds. The molecule has 0 saturated carbocycles. The smallest absolute Gasteiger partial charge is 0.174 e. The van der Waals surface area contributed by atoms with Gasteiger partial charge in [0.2, 0.25) is 0 Å². The first-order valence-corrected chi connectivity index (χ1v) is 7.17. The average molecular weight is 321 g/mol. The lowest BCUT2D eigenvalue weighted by molar-refractivity contribution is 0.368. The fourth-order valence-electron chi connectivity index (χ4n) is 1.89. The van der Waals surface area contributed by atoms with Crippen LogP contribution in [0, 0.1) is 11.3 Å². The summed E-state index contributed by atoms with van der Waals surface area (Å²) in [6.07, 6.45) is 0. The van der Waals surface area contributed by atoms with Gasteiger partial charge in [-0.1, -0.05) is 35.3 Å². The van der Waals surface area contributed by atoms with Crippen LogP contribution in [0.1, 0.15) is 18.5 Å². The zero-order valence-corrected chi connectivity index (χ0v) is 12.9. The number of halogens is 2. The molecule has 108 valence electrons. The topological polar surface area (TPSA) is 45.0 Å². The Morgan fingerprint density at radius 2 is 1.90 bits per heavy atom. The van der Waals surface area contributed by atoms with E-state index >= 15 is 0 Å². The summed E-state index contributed by atoms with van der Waals surface area (Å²) in [5.74, 6) is 0.674. The zero-order chi connectivity index (χ0) is 15.2. The average Bonchev–Trinajstić information content (AvgIpc) is 2.49. The SMILES string of the molecule is CC(Nc1cc(Cl)ccc1Cl)c1ccc(OCC#N)cc1. The molecule has 0 spiro atoms. The summed E-state index contributed by atoms with van der Waals surface area (Å²) in [7, 11) is 0. The predicted molar refractivity (Wildman–Crippen MR) is 86.0 cm³/mol. The van der Waals surface area contributed by atoms with Gasteiger partial charge in [0.15, 0.2) is 6.61 Å². The summed E-state index contributed by atoms with van der Waals surface area (Å²) in [4.78, 5) is 0. The van der Waals surface area contributed by atoms with Crippen molar-refractivity contribution in [2.75, 3.05) is 11.9 Å². The Labute approximate surface area is 134 Å². The molecule has 3 nitrogen and oxygen atoms in total. The number of nitrogens with zero attached hydrogens (tertiary/aromatic N) is 1. The zero-order valence-electron chi connectivity index (χ0n) is 11.4. The molecule has 0 bridgehead atoms. The van der Waals surface area contributed by atoms with Crippen molar-refractivity contribution in [1.82, 2.24) is 0 Å². The molecule has 0 heterocycles. The van der Waals surface area contributed by atoms with E-state index in [0.717, 1.165) is 11.3 Å². The molecule has 21 heavy (non-hydrogen) atoms. The van der Waals surface area contributed by atoms with Crippen molar-refractivity contribution < 1.29 is 4.74 Å². The number of ether oxygens (including phenoxy) is 1. The van der Waals surface area contributed by atoms with Crippen LogP contribution in [0.4, 0.5) is 5.69 Å². The number of nitriles is 1. The first-order valence-electron chi connectivity index (χ1n) is 6.41. The van der Waals surface area contributed by atoms with Crippen molar-refractivity contribution in [1.29, 1.82) is 5.26 Å². The van der Waals surface area contributed by atoms with Gasteiger partial charge in [-0.05, 0) is 42.8 Å². The van der Waals surface area contributed by atoms with Crippen molar-refractivity contribution in [3.05, 3.63) is 58.1 Å². The Bertz CT molecular complexity index is 650. The number of anilines is 1. The van der Waals surface area contributed by atoms with Crippen molar-refractivity contribution in [2.24, 2.45) is 0 Å². The van der Waals surface area contributed by atoms with Gasteiger partial charge in [-0.3, -0.25) is 0 Å². The van der Waals surface area contributed by atoms with Crippen molar-refractivity contribution >= 4 is 28.9 Å². The molecule has 0 aliphatic heterocycles. The first-order chi connectivity index (χ1) is 10.1. The van der Waals surface area contributed by atoms with Gasteiger partial charge in [0.25, 0.3) is 0 Å². The lowest BCUT2D eigenvalue weighted by atomic mass is 10.1. The summed E-state index contributed by atoms with van der Waals surface area (Å²) < 4.78 is 5.22. The van der Waals surface area contributed by atoms with Gasteiger partial charge in [-0.15, -0.1) is 0 Å². The van der Waals surface area contributed by atoms with Crippen molar-refractivity contribution in [2.45, 2.75) is 13.0 Å². The van der Waals surface area contributed by atoms with E-state index in [0.29, 0.717) is 15.8 Å². The second kappa shape index (κ2) is 7.21. The van der Waals surface area contributed by atoms with E-state index in [2.05, 4.69) is 5.32 Å². The molecule has 2 aromatic rings. The molecule has 0 saturated heterocycles. The highest BCUT2D eigenvalue weighted by Gasteiger charge is 2.08. The summed E-state index contributed by atoms with van der Waals surface area (Å²) in [5, 5.41) is 13.1. The molecular weight excluding hydrogens is 307 g/mol. The molecule has 1 N–H and O–H groups in total. The number of rotatable bonds is 5. The van der Waals surface area contributed by atoms with Gasteiger partial charge in [-0.2, -0.15) is 5.26 Å². The lowest BCUT2D eigenvalue weighted by Crippen LogP contribution is -2.07. The van der Waals surface area contributed by atoms with Crippen molar-refractivity contribution in [3.8, 4) is 11.8 Å². The quantitative estimate of drug-likeness (QED) is 0.836. The minimum Gasteiger partial charge on any atom is -0.479 e. The maximum atomic E-state index is 8.47. The summed E-state index contributed by atoms with van der Waals surface area (Å²) in [5.41, 5.74) is 1.87. The highest BCUT2D eigenvalue weighted by Crippen LogP contribution is 2.29. The third-order valence-corrected chi connectivity index (χ3v) is 3.55. The fraction of sp³-hybridized carbons (Fsp3) is 0.188. The maximum absolute atomic E-state index is 8.47. The monoisotopic (exact) mass is 320 g/mol. The lowest BCUT2D eigenvalue weighted by Gasteiger charge is -2.17. The number of nitrogens with one attached hydrogen (secondary N) is 1. The van der Waals surface area contributed by atoms with Gasteiger partial charge in [0.1, 0.15) is 11.8 Å². The van der Waals surface area contributed by atoms with Crippen LogP contribution in [-0.2, 0) is 0 Å². The van der Waals surface area contributed by atoms with Gasteiger partial charge in [0, 0.05) is 11.1 Å². The summed E-state index contributed by atoms with van der Waals surface area (Å²) >= 11 is 12.1. The molecule has 2 aromatic carbocycles. The number of hydrogen-bond donors (Lipinski definition) is 1. The van der Waals surface area contributed by atoms with Crippen molar-refractivity contribution in [3.63, 3.8) is 0 Å². The normalized spacial score (nSPS) is 11.5. The number of benzene rings is 2. The Morgan fingerprint density at radius 3 is 2.57 bits per heavy atom. The second-order valence-electron chi connectivity index (χ2n) is 4.51. The van der Waals surface area contributed by atoms with Crippen LogP contribution < -0.4 is 10.1 Å². The number of hydrogen-bond acceptors (Lipinski definition) is 3. The van der Waals surface area contributed by atoms with Crippen LogP contribution in [0.25, 0.3) is 0 Å². The molecule has 2 rings (SSSR count). The fourth-order valence-corrected chi connectivity index (χ4v) is 2.24. The van der Waals surface area contributed by atoms with E-state index in [1.54, 1.807) is 18.2 Å². The molecule has 0 radical (unpaired) electrons. The first kappa shape index (κ1) is 15.5. The summed E-state index contributed by atoms with van der Waals surface area (Å²) in [6, 6.07) is 14.9. The van der Waals surface area contributed by atoms with E-state index in [9.17, 15) is 0 Å². The Hall–Kier alpha value is -1.89. The molecule has 1 unspecified atom stereocenters. The predicted octanol–water partition coefficient (Wildman–Crippen LogP) is 5.07. The van der Waals surface area contributed by atoms with E-state index in [1.165, 1.54) is 0 Å². The third-order valence-electron chi connectivity index (χ3n) is 2.98. The van der Waals surface area contributed by atoms with Gasteiger partial charge >= 0.3 is 0 Å². The largest absolute Gasteiger partial charge is 0.479 e. The molecule has 0 fully saturated rings. The molecule has 5 heteroatoms.